The summed E-state index contributed by atoms with van der Waals surface area (Å²) in [4.78, 5) is 30.0. The van der Waals surface area contributed by atoms with Gasteiger partial charge in [0.05, 0.1) is 0 Å². The molecule has 7 heteroatoms. The van der Waals surface area contributed by atoms with Crippen LogP contribution in [0.15, 0.2) is 66.7 Å². The van der Waals surface area contributed by atoms with Crippen molar-refractivity contribution in [2.75, 3.05) is 18.1 Å². The molecule has 1 aliphatic heterocycles. The standard InChI is InChI=1S/C34H37FN2O4/c35-27-15-10-25(11-16-27)32(33(38)36-28-8-4-5-9-28)37(29-17-12-24(13-18-29)23-6-2-1-3-7-23)34(39)26-14-19-30-31(22-26)41-21-20-40-30/h10-19,22-23,28,32H,1-9,20-21H2,(H,36,38)/t32-/m1/s1. The molecule has 1 heterocycles. The molecule has 2 aliphatic carbocycles. The second-order valence-corrected chi connectivity index (χ2v) is 11.4. The van der Waals surface area contributed by atoms with E-state index in [9.17, 15) is 14.0 Å². The molecular weight excluding hydrogens is 519 g/mol. The van der Waals surface area contributed by atoms with Crippen LogP contribution >= 0.6 is 0 Å². The van der Waals surface area contributed by atoms with E-state index in [1.54, 1.807) is 35.2 Å². The van der Waals surface area contributed by atoms with E-state index in [1.807, 2.05) is 12.1 Å². The van der Waals surface area contributed by atoms with Gasteiger partial charge in [-0.25, -0.2) is 4.39 Å². The number of hydrogen-bond acceptors (Lipinski definition) is 4. The Hall–Kier alpha value is -3.87. The molecule has 2 fully saturated rings. The van der Waals surface area contributed by atoms with E-state index in [0.29, 0.717) is 47.4 Å². The number of carbonyl (C=O) groups is 2. The molecule has 0 radical (unpaired) electrons. The highest BCUT2D eigenvalue weighted by molar-refractivity contribution is 6.10. The van der Waals surface area contributed by atoms with Gasteiger partial charge >= 0.3 is 0 Å². The zero-order valence-corrected chi connectivity index (χ0v) is 23.3. The summed E-state index contributed by atoms with van der Waals surface area (Å²) in [6.45, 7) is 0.854. The van der Waals surface area contributed by atoms with Crippen LogP contribution in [0.4, 0.5) is 10.1 Å². The third-order valence-electron chi connectivity index (χ3n) is 8.65. The van der Waals surface area contributed by atoms with Crippen molar-refractivity contribution in [2.24, 2.45) is 0 Å². The minimum Gasteiger partial charge on any atom is -0.486 e. The van der Waals surface area contributed by atoms with Gasteiger partial charge in [-0.1, -0.05) is 56.4 Å². The molecule has 1 atom stereocenters. The number of amides is 2. The van der Waals surface area contributed by atoms with Gasteiger partial charge < -0.3 is 14.8 Å². The summed E-state index contributed by atoms with van der Waals surface area (Å²) in [6, 6.07) is 18.1. The lowest BCUT2D eigenvalue weighted by molar-refractivity contribution is -0.123. The molecule has 1 N–H and O–H groups in total. The number of anilines is 1. The molecule has 0 saturated heterocycles. The predicted molar refractivity (Wildman–Crippen MR) is 156 cm³/mol. The molecule has 3 aromatic carbocycles. The van der Waals surface area contributed by atoms with Gasteiger partial charge in [-0.05, 0) is 85.2 Å². The van der Waals surface area contributed by atoms with Crippen LogP contribution in [0.3, 0.4) is 0 Å². The lowest BCUT2D eigenvalue weighted by atomic mass is 9.84. The number of nitrogens with zero attached hydrogens (tertiary/aromatic N) is 1. The highest BCUT2D eigenvalue weighted by Gasteiger charge is 2.35. The SMILES string of the molecule is O=C(NC1CCCC1)[C@@H](c1ccc(F)cc1)N(C(=O)c1ccc2c(c1)OCCO2)c1ccc(C2CCCCC2)cc1. The third-order valence-corrected chi connectivity index (χ3v) is 8.65. The van der Waals surface area contributed by atoms with Crippen LogP contribution in [0.5, 0.6) is 11.5 Å². The van der Waals surface area contributed by atoms with E-state index in [2.05, 4.69) is 17.4 Å². The first kappa shape index (κ1) is 27.3. The number of ether oxygens (including phenoxy) is 2. The topological polar surface area (TPSA) is 67.9 Å². The Morgan fingerprint density at radius 1 is 0.780 bits per heavy atom. The number of nitrogens with one attached hydrogen (secondary N) is 1. The van der Waals surface area contributed by atoms with E-state index >= 15 is 0 Å². The van der Waals surface area contributed by atoms with Gasteiger partial charge in [-0.15, -0.1) is 0 Å². The minimum atomic E-state index is -0.988. The average molecular weight is 557 g/mol. The molecule has 0 unspecified atom stereocenters. The zero-order valence-electron chi connectivity index (χ0n) is 23.3. The van der Waals surface area contributed by atoms with Crippen LogP contribution in [0.25, 0.3) is 0 Å². The van der Waals surface area contributed by atoms with Crippen molar-refractivity contribution in [1.82, 2.24) is 5.32 Å². The van der Waals surface area contributed by atoms with Crippen LogP contribution in [0.1, 0.15) is 91.2 Å². The van der Waals surface area contributed by atoms with Crippen LogP contribution in [0, 0.1) is 5.82 Å². The van der Waals surface area contributed by atoms with Gasteiger partial charge in [0.25, 0.3) is 5.91 Å². The maximum Gasteiger partial charge on any atom is 0.259 e. The number of hydrogen-bond donors (Lipinski definition) is 1. The Morgan fingerprint density at radius 3 is 2.15 bits per heavy atom. The first-order valence-corrected chi connectivity index (χ1v) is 15.0. The fraction of sp³-hybridized carbons (Fsp3) is 0.412. The second kappa shape index (κ2) is 12.3. The maximum absolute atomic E-state index is 14.4. The van der Waals surface area contributed by atoms with Crippen molar-refractivity contribution in [3.63, 3.8) is 0 Å². The Balaban J connectivity index is 1.41. The summed E-state index contributed by atoms with van der Waals surface area (Å²) >= 11 is 0. The molecule has 0 spiro atoms. The Kier molecular flexibility index (Phi) is 8.21. The normalized spacial score (nSPS) is 18.1. The third kappa shape index (κ3) is 6.09. The quantitative estimate of drug-likeness (QED) is 0.337. The molecular formula is C34H37FN2O4. The fourth-order valence-corrected chi connectivity index (χ4v) is 6.46. The van der Waals surface area contributed by atoms with Crippen LogP contribution in [-0.4, -0.2) is 31.1 Å². The molecule has 41 heavy (non-hydrogen) atoms. The minimum absolute atomic E-state index is 0.0605. The lowest BCUT2D eigenvalue weighted by Crippen LogP contribution is -2.46. The van der Waals surface area contributed by atoms with Gasteiger partial charge in [0, 0.05) is 17.3 Å². The smallest absolute Gasteiger partial charge is 0.259 e. The molecule has 6 rings (SSSR count). The summed E-state index contributed by atoms with van der Waals surface area (Å²) in [5.74, 6) is 0.589. The van der Waals surface area contributed by atoms with E-state index in [0.717, 1.165) is 25.7 Å². The molecule has 6 nitrogen and oxygen atoms in total. The van der Waals surface area contributed by atoms with Crippen molar-refractivity contribution in [1.29, 1.82) is 0 Å². The van der Waals surface area contributed by atoms with Crippen molar-refractivity contribution < 1.29 is 23.5 Å². The number of fused-ring (bicyclic) bond motifs is 1. The summed E-state index contributed by atoms with van der Waals surface area (Å²) in [6.07, 6.45) is 10.0. The van der Waals surface area contributed by atoms with E-state index in [4.69, 9.17) is 9.47 Å². The fourth-order valence-electron chi connectivity index (χ4n) is 6.46. The first-order valence-electron chi connectivity index (χ1n) is 15.0. The van der Waals surface area contributed by atoms with Gasteiger partial charge in [-0.2, -0.15) is 0 Å². The highest BCUT2D eigenvalue weighted by atomic mass is 19.1. The Morgan fingerprint density at radius 2 is 1.44 bits per heavy atom. The summed E-state index contributed by atoms with van der Waals surface area (Å²) < 4.78 is 25.4. The van der Waals surface area contributed by atoms with Crippen molar-refractivity contribution in [3.05, 3.63) is 89.2 Å². The molecule has 2 amide bonds. The highest BCUT2D eigenvalue weighted by Crippen LogP contribution is 2.37. The summed E-state index contributed by atoms with van der Waals surface area (Å²) in [7, 11) is 0. The lowest BCUT2D eigenvalue weighted by Gasteiger charge is -2.33. The molecule has 0 aromatic heterocycles. The number of benzene rings is 3. The predicted octanol–water partition coefficient (Wildman–Crippen LogP) is 7.09. The second-order valence-electron chi connectivity index (χ2n) is 11.4. The van der Waals surface area contributed by atoms with Crippen LogP contribution in [0.2, 0.25) is 0 Å². The van der Waals surface area contributed by atoms with E-state index in [-0.39, 0.29) is 17.9 Å². The number of halogens is 1. The van der Waals surface area contributed by atoms with Crippen molar-refractivity contribution in [2.45, 2.75) is 75.8 Å². The van der Waals surface area contributed by atoms with E-state index in [1.165, 1.54) is 49.8 Å². The molecule has 3 aromatic rings. The maximum atomic E-state index is 14.4. The Labute approximate surface area is 240 Å². The first-order chi connectivity index (χ1) is 20.1. The van der Waals surface area contributed by atoms with E-state index < -0.39 is 11.9 Å². The van der Waals surface area contributed by atoms with Crippen LogP contribution in [-0.2, 0) is 4.79 Å². The molecule has 0 bridgehead atoms. The van der Waals surface area contributed by atoms with Gasteiger partial charge in [0.1, 0.15) is 25.1 Å². The molecule has 3 aliphatic rings. The largest absolute Gasteiger partial charge is 0.486 e. The molecule has 2 saturated carbocycles. The van der Waals surface area contributed by atoms with Gasteiger partial charge in [0.2, 0.25) is 5.91 Å². The average Bonchev–Trinajstić information content (AvgIpc) is 3.53. The monoisotopic (exact) mass is 556 g/mol. The van der Waals surface area contributed by atoms with Gasteiger partial charge in [-0.3, -0.25) is 14.5 Å². The number of rotatable bonds is 7. The summed E-state index contributed by atoms with van der Waals surface area (Å²) in [5.41, 5.74) is 2.80. The zero-order chi connectivity index (χ0) is 28.2. The Bertz CT molecular complexity index is 1360. The van der Waals surface area contributed by atoms with Crippen molar-refractivity contribution >= 4 is 17.5 Å². The number of carbonyl (C=O) groups excluding carboxylic acids is 2. The van der Waals surface area contributed by atoms with Crippen LogP contribution < -0.4 is 19.7 Å². The summed E-state index contributed by atoms with van der Waals surface area (Å²) in [5, 5.41) is 3.19. The van der Waals surface area contributed by atoms with Crippen molar-refractivity contribution in [3.8, 4) is 11.5 Å². The van der Waals surface area contributed by atoms with Gasteiger partial charge in [0.15, 0.2) is 11.5 Å². The molecule has 214 valence electrons.